The highest BCUT2D eigenvalue weighted by Gasteiger charge is 2.03. The average molecular weight is 703 g/mol. The van der Waals surface area contributed by atoms with Crippen molar-refractivity contribution >= 4 is 5.78 Å². The Morgan fingerprint density at radius 3 is 0.460 bits per heavy atom. The van der Waals surface area contributed by atoms with E-state index >= 15 is 0 Å². The molecule has 0 N–H and O–H groups in total. The second-order valence-electron chi connectivity index (χ2n) is 16.9. The van der Waals surface area contributed by atoms with Crippen molar-refractivity contribution in [1.82, 2.24) is 0 Å². The van der Waals surface area contributed by atoms with E-state index < -0.39 is 0 Å². The summed E-state index contributed by atoms with van der Waals surface area (Å²) >= 11 is 0. The number of carbonyl (C=O) groups is 1. The Morgan fingerprint density at radius 2 is 0.320 bits per heavy atom. The van der Waals surface area contributed by atoms with Gasteiger partial charge in [-0.15, -0.1) is 0 Å². The first kappa shape index (κ1) is 49.7. The van der Waals surface area contributed by atoms with E-state index in [1.165, 1.54) is 270 Å². The molecule has 0 aromatic carbocycles. The Bertz CT molecular complexity index is 546. The van der Waals surface area contributed by atoms with Gasteiger partial charge in [0.15, 0.2) is 0 Å². The zero-order valence-electron chi connectivity index (χ0n) is 35.4. The number of hydrogen-bond donors (Lipinski definition) is 0. The van der Waals surface area contributed by atoms with E-state index in [9.17, 15) is 4.79 Å². The van der Waals surface area contributed by atoms with Gasteiger partial charge in [0.05, 0.1) is 0 Å². The smallest absolute Gasteiger partial charge is 0.132 e. The quantitative estimate of drug-likeness (QED) is 0.0577. The van der Waals surface area contributed by atoms with Crippen LogP contribution in [0.3, 0.4) is 0 Å². The van der Waals surface area contributed by atoms with Crippen LogP contribution in [-0.2, 0) is 4.79 Å². The van der Waals surface area contributed by atoms with Gasteiger partial charge in [0.2, 0.25) is 0 Å². The topological polar surface area (TPSA) is 17.1 Å². The lowest BCUT2D eigenvalue weighted by molar-refractivity contribution is -0.119. The van der Waals surface area contributed by atoms with Crippen LogP contribution in [0.2, 0.25) is 0 Å². The molecule has 50 heavy (non-hydrogen) atoms. The van der Waals surface area contributed by atoms with E-state index in [1.807, 2.05) is 0 Å². The second kappa shape index (κ2) is 46.7. The van der Waals surface area contributed by atoms with E-state index in [0.717, 1.165) is 25.7 Å². The van der Waals surface area contributed by atoms with Crippen LogP contribution in [0.25, 0.3) is 0 Å². The maximum atomic E-state index is 12.3. The van der Waals surface area contributed by atoms with E-state index in [-0.39, 0.29) is 0 Å². The van der Waals surface area contributed by atoms with Gasteiger partial charge in [-0.1, -0.05) is 284 Å². The SMILES string of the molecule is CCCCCCCCCCCCCCCCCCCCCCCCC(=O)CCCCCCCCCCCCCCCCCCCCCCCC. The minimum Gasteiger partial charge on any atom is -0.300 e. The van der Waals surface area contributed by atoms with Crippen molar-refractivity contribution in [2.24, 2.45) is 0 Å². The molecule has 0 aliphatic rings. The Hall–Kier alpha value is -0.330. The summed E-state index contributed by atoms with van der Waals surface area (Å²) in [4.78, 5) is 12.3. The molecular formula is C49H98O. The Kier molecular flexibility index (Phi) is 46.4. The average Bonchev–Trinajstić information content (AvgIpc) is 3.12. The summed E-state index contributed by atoms with van der Waals surface area (Å²) < 4.78 is 0. The first-order valence-corrected chi connectivity index (χ1v) is 24.3. The van der Waals surface area contributed by atoms with Crippen molar-refractivity contribution in [1.29, 1.82) is 0 Å². The summed E-state index contributed by atoms with van der Waals surface area (Å²) in [5.74, 6) is 0.534. The fraction of sp³-hybridized carbons (Fsp3) is 0.980. The third kappa shape index (κ3) is 45.7. The van der Waals surface area contributed by atoms with Crippen molar-refractivity contribution < 1.29 is 4.79 Å². The minimum absolute atomic E-state index is 0.534. The molecule has 1 nitrogen and oxygen atoms in total. The van der Waals surface area contributed by atoms with E-state index in [2.05, 4.69) is 13.8 Å². The van der Waals surface area contributed by atoms with Crippen molar-refractivity contribution in [3.8, 4) is 0 Å². The second-order valence-corrected chi connectivity index (χ2v) is 16.9. The number of rotatable bonds is 46. The number of carbonyl (C=O) groups excluding carboxylic acids is 1. The molecule has 0 rings (SSSR count). The molecule has 300 valence electrons. The Labute approximate surface area is 318 Å². The number of unbranched alkanes of at least 4 members (excludes halogenated alkanes) is 42. The summed E-state index contributed by atoms with van der Waals surface area (Å²) in [6.45, 7) is 4.61. The van der Waals surface area contributed by atoms with Gasteiger partial charge in [-0.05, 0) is 12.8 Å². The predicted molar refractivity (Wildman–Crippen MR) is 229 cm³/mol. The van der Waals surface area contributed by atoms with Crippen LogP contribution in [0.4, 0.5) is 0 Å². The van der Waals surface area contributed by atoms with Gasteiger partial charge in [-0.2, -0.15) is 0 Å². The minimum atomic E-state index is 0.534. The highest BCUT2D eigenvalue weighted by atomic mass is 16.1. The molecule has 0 heterocycles. The Balaban J connectivity index is 3.14. The van der Waals surface area contributed by atoms with E-state index in [1.54, 1.807) is 0 Å². The van der Waals surface area contributed by atoms with Crippen molar-refractivity contribution in [2.75, 3.05) is 0 Å². The van der Waals surface area contributed by atoms with Gasteiger partial charge < -0.3 is 0 Å². The molecule has 1 heteroatoms. The molecule has 0 saturated carbocycles. The van der Waals surface area contributed by atoms with Crippen molar-refractivity contribution in [3.05, 3.63) is 0 Å². The number of Topliss-reactive ketones (excluding diaryl/α,β-unsaturated/α-hetero) is 1. The molecule has 0 radical (unpaired) electrons. The van der Waals surface area contributed by atoms with Gasteiger partial charge in [0, 0.05) is 12.8 Å². The van der Waals surface area contributed by atoms with Crippen molar-refractivity contribution in [2.45, 2.75) is 309 Å². The molecule has 0 atom stereocenters. The van der Waals surface area contributed by atoms with Gasteiger partial charge in [-0.25, -0.2) is 0 Å². The summed E-state index contributed by atoms with van der Waals surface area (Å²) in [5, 5.41) is 0. The first-order valence-electron chi connectivity index (χ1n) is 24.3. The lowest BCUT2D eigenvalue weighted by Gasteiger charge is -2.05. The zero-order chi connectivity index (χ0) is 36.1. The van der Waals surface area contributed by atoms with E-state index in [0.29, 0.717) is 5.78 Å². The lowest BCUT2D eigenvalue weighted by atomic mass is 10.0. The van der Waals surface area contributed by atoms with Crippen molar-refractivity contribution in [3.63, 3.8) is 0 Å². The molecule has 0 unspecified atom stereocenters. The zero-order valence-corrected chi connectivity index (χ0v) is 35.4. The summed E-state index contributed by atoms with van der Waals surface area (Å²) in [6, 6.07) is 0. The maximum absolute atomic E-state index is 12.3. The largest absolute Gasteiger partial charge is 0.300 e. The van der Waals surface area contributed by atoms with Crippen LogP contribution in [0, 0.1) is 0 Å². The fourth-order valence-corrected chi connectivity index (χ4v) is 7.99. The van der Waals surface area contributed by atoms with Crippen LogP contribution < -0.4 is 0 Å². The van der Waals surface area contributed by atoms with Gasteiger partial charge >= 0.3 is 0 Å². The molecule has 0 bridgehead atoms. The highest BCUT2D eigenvalue weighted by molar-refractivity contribution is 5.78. The third-order valence-electron chi connectivity index (χ3n) is 11.6. The normalized spacial score (nSPS) is 11.6. The predicted octanol–water partition coefficient (Wildman–Crippen LogP) is 18.5. The van der Waals surface area contributed by atoms with Crippen LogP contribution in [0.15, 0.2) is 0 Å². The van der Waals surface area contributed by atoms with Gasteiger partial charge in [-0.3, -0.25) is 4.79 Å². The fourth-order valence-electron chi connectivity index (χ4n) is 7.99. The van der Waals surface area contributed by atoms with Crippen LogP contribution >= 0.6 is 0 Å². The van der Waals surface area contributed by atoms with Crippen LogP contribution in [0.1, 0.15) is 309 Å². The van der Waals surface area contributed by atoms with Gasteiger partial charge in [0.25, 0.3) is 0 Å². The molecule has 0 fully saturated rings. The molecule has 0 aliphatic carbocycles. The molecule has 0 amide bonds. The number of hydrogen-bond acceptors (Lipinski definition) is 1. The monoisotopic (exact) mass is 703 g/mol. The highest BCUT2D eigenvalue weighted by Crippen LogP contribution is 2.18. The van der Waals surface area contributed by atoms with E-state index in [4.69, 9.17) is 0 Å². The summed E-state index contributed by atoms with van der Waals surface area (Å²) in [7, 11) is 0. The molecule has 0 spiro atoms. The van der Waals surface area contributed by atoms with Crippen LogP contribution in [0.5, 0.6) is 0 Å². The Morgan fingerprint density at radius 1 is 0.200 bits per heavy atom. The number of ketones is 1. The summed E-state index contributed by atoms with van der Waals surface area (Å²) in [6.07, 6.45) is 64.3. The standard InChI is InChI=1S/C49H98O/c1-3-5-7-9-11-13-15-17-19-21-23-25-27-29-31-33-35-37-39-41-43-45-47-49(50)48-46-44-42-40-38-36-34-32-30-28-26-24-22-20-18-16-14-12-10-8-6-4-2/h3-48H2,1-2H3. The van der Waals surface area contributed by atoms with Crippen LogP contribution in [-0.4, -0.2) is 5.78 Å². The molecular weight excluding hydrogens is 605 g/mol. The lowest BCUT2D eigenvalue weighted by Crippen LogP contribution is -1.97. The molecule has 0 aliphatic heterocycles. The first-order chi connectivity index (χ1) is 24.8. The van der Waals surface area contributed by atoms with Gasteiger partial charge in [0.1, 0.15) is 5.78 Å². The summed E-state index contributed by atoms with van der Waals surface area (Å²) in [5.41, 5.74) is 0. The maximum Gasteiger partial charge on any atom is 0.132 e. The molecule has 0 aromatic rings. The molecule has 0 aromatic heterocycles. The molecule has 0 saturated heterocycles. The third-order valence-corrected chi connectivity index (χ3v) is 11.6.